The number of aromatic nitrogens is 5. The standard InChI is InChI=1S/C22H25N7OS/c30-19(27-11-13-28(14-12-27)21-23-9-4-10-24-21)16-31-22-26-25-20(18-7-8-18)29(22)15-17-5-2-1-3-6-17/h1-6,9-10,18H,7-8,11-16H2. The van der Waals surface area contributed by atoms with Crippen molar-refractivity contribution in [1.29, 1.82) is 0 Å². The number of nitrogens with zero attached hydrogens (tertiary/aromatic N) is 7. The third-order valence-electron chi connectivity index (χ3n) is 5.66. The van der Waals surface area contributed by atoms with Gasteiger partial charge in [0.1, 0.15) is 5.82 Å². The van der Waals surface area contributed by atoms with Crippen LogP contribution in [0.25, 0.3) is 0 Å². The molecule has 2 aliphatic rings. The summed E-state index contributed by atoms with van der Waals surface area (Å²) in [4.78, 5) is 25.5. The topological polar surface area (TPSA) is 80.0 Å². The molecule has 0 bridgehead atoms. The van der Waals surface area contributed by atoms with E-state index in [0.717, 1.165) is 36.6 Å². The average molecular weight is 436 g/mol. The SMILES string of the molecule is O=C(CSc1nnc(C2CC2)n1Cc1ccccc1)N1CCN(c2ncccn2)CC1. The first kappa shape index (κ1) is 20.0. The Balaban J connectivity index is 1.20. The lowest BCUT2D eigenvalue weighted by atomic mass is 10.2. The first-order valence-electron chi connectivity index (χ1n) is 10.7. The molecule has 8 nitrogen and oxygen atoms in total. The number of carbonyl (C=O) groups is 1. The molecule has 31 heavy (non-hydrogen) atoms. The molecular weight excluding hydrogens is 410 g/mol. The van der Waals surface area contributed by atoms with Crippen molar-refractivity contribution in [2.45, 2.75) is 30.5 Å². The van der Waals surface area contributed by atoms with E-state index >= 15 is 0 Å². The summed E-state index contributed by atoms with van der Waals surface area (Å²) < 4.78 is 2.19. The number of benzene rings is 1. The smallest absolute Gasteiger partial charge is 0.233 e. The number of thioether (sulfide) groups is 1. The molecule has 2 fully saturated rings. The van der Waals surface area contributed by atoms with Crippen LogP contribution in [-0.2, 0) is 11.3 Å². The predicted octanol–water partition coefficient (Wildman–Crippen LogP) is 2.43. The molecule has 0 unspecified atom stereocenters. The molecule has 0 radical (unpaired) electrons. The van der Waals surface area contributed by atoms with Crippen molar-refractivity contribution in [3.05, 3.63) is 60.2 Å². The summed E-state index contributed by atoms with van der Waals surface area (Å²) in [5.74, 6) is 2.80. The maximum atomic E-state index is 12.8. The summed E-state index contributed by atoms with van der Waals surface area (Å²) in [6, 6.07) is 12.2. The van der Waals surface area contributed by atoms with Crippen molar-refractivity contribution in [2.24, 2.45) is 0 Å². The van der Waals surface area contributed by atoms with Crippen LogP contribution in [0.15, 0.2) is 53.9 Å². The predicted molar refractivity (Wildman–Crippen MR) is 119 cm³/mol. The van der Waals surface area contributed by atoms with Crippen molar-refractivity contribution < 1.29 is 4.79 Å². The van der Waals surface area contributed by atoms with Gasteiger partial charge in [0.2, 0.25) is 11.9 Å². The molecule has 3 aromatic rings. The Hall–Kier alpha value is -2.94. The third-order valence-corrected chi connectivity index (χ3v) is 6.62. The van der Waals surface area contributed by atoms with Crippen LogP contribution in [0.3, 0.4) is 0 Å². The first-order chi connectivity index (χ1) is 15.3. The van der Waals surface area contributed by atoms with Crippen LogP contribution in [0.2, 0.25) is 0 Å². The van der Waals surface area contributed by atoms with Gasteiger partial charge in [0, 0.05) is 44.5 Å². The Labute approximate surface area is 185 Å². The van der Waals surface area contributed by atoms with Crippen molar-refractivity contribution in [1.82, 2.24) is 29.6 Å². The minimum absolute atomic E-state index is 0.140. The summed E-state index contributed by atoms with van der Waals surface area (Å²) in [5.41, 5.74) is 1.22. The number of carbonyl (C=O) groups excluding carboxylic acids is 1. The van der Waals surface area contributed by atoms with Gasteiger partial charge in [0.25, 0.3) is 0 Å². The van der Waals surface area contributed by atoms with Crippen LogP contribution in [0.4, 0.5) is 5.95 Å². The van der Waals surface area contributed by atoms with E-state index in [1.54, 1.807) is 12.4 Å². The molecule has 9 heteroatoms. The molecule has 0 N–H and O–H groups in total. The number of anilines is 1. The van der Waals surface area contributed by atoms with E-state index < -0.39 is 0 Å². The monoisotopic (exact) mass is 435 g/mol. The normalized spacial score (nSPS) is 16.5. The lowest BCUT2D eigenvalue weighted by Crippen LogP contribution is -2.49. The fourth-order valence-electron chi connectivity index (χ4n) is 3.79. The van der Waals surface area contributed by atoms with Gasteiger partial charge < -0.3 is 14.4 Å². The van der Waals surface area contributed by atoms with E-state index in [-0.39, 0.29) is 5.91 Å². The fraction of sp³-hybridized carbons (Fsp3) is 0.409. The van der Waals surface area contributed by atoms with Gasteiger partial charge in [-0.2, -0.15) is 0 Å². The summed E-state index contributed by atoms with van der Waals surface area (Å²) in [6.45, 7) is 3.60. The van der Waals surface area contributed by atoms with Gasteiger partial charge in [-0.25, -0.2) is 9.97 Å². The Kier molecular flexibility index (Phi) is 5.84. The van der Waals surface area contributed by atoms with Crippen molar-refractivity contribution >= 4 is 23.6 Å². The van der Waals surface area contributed by atoms with Gasteiger partial charge in [0.15, 0.2) is 5.16 Å². The van der Waals surface area contributed by atoms with Gasteiger partial charge in [0.05, 0.1) is 12.3 Å². The molecule has 5 rings (SSSR count). The van der Waals surface area contributed by atoms with Crippen LogP contribution in [0.5, 0.6) is 0 Å². The maximum Gasteiger partial charge on any atom is 0.233 e. The second kappa shape index (κ2) is 9.05. The zero-order chi connectivity index (χ0) is 21.0. The van der Waals surface area contributed by atoms with Crippen LogP contribution in [0, 0.1) is 0 Å². The highest BCUT2D eigenvalue weighted by Gasteiger charge is 2.31. The molecule has 2 aromatic heterocycles. The summed E-state index contributed by atoms with van der Waals surface area (Å²) in [6.07, 6.45) is 5.84. The molecule has 1 aliphatic carbocycles. The zero-order valence-corrected chi connectivity index (χ0v) is 18.1. The number of rotatable bonds is 7. The maximum absolute atomic E-state index is 12.8. The van der Waals surface area contributed by atoms with Gasteiger partial charge in [-0.15, -0.1) is 10.2 Å². The van der Waals surface area contributed by atoms with Crippen molar-refractivity contribution in [3.63, 3.8) is 0 Å². The Bertz CT molecular complexity index is 1010. The first-order valence-corrected chi connectivity index (χ1v) is 11.7. The van der Waals surface area contributed by atoms with Gasteiger partial charge in [-0.05, 0) is 24.5 Å². The number of amides is 1. The Morgan fingerprint density at radius 1 is 0.968 bits per heavy atom. The molecule has 3 heterocycles. The summed E-state index contributed by atoms with van der Waals surface area (Å²) >= 11 is 1.49. The van der Waals surface area contributed by atoms with Gasteiger partial charge >= 0.3 is 0 Å². The molecule has 1 aliphatic heterocycles. The fourth-order valence-corrected chi connectivity index (χ4v) is 4.64. The quantitative estimate of drug-likeness (QED) is 0.527. The van der Waals surface area contributed by atoms with Crippen LogP contribution < -0.4 is 4.90 Å². The molecule has 1 amide bonds. The lowest BCUT2D eigenvalue weighted by molar-refractivity contribution is -0.128. The number of hydrogen-bond acceptors (Lipinski definition) is 7. The number of hydrogen-bond donors (Lipinski definition) is 0. The molecule has 1 aromatic carbocycles. The van der Waals surface area contributed by atoms with E-state index in [1.165, 1.54) is 30.2 Å². The second-order valence-electron chi connectivity index (χ2n) is 7.89. The third kappa shape index (κ3) is 4.71. The average Bonchev–Trinajstić information content (AvgIpc) is 3.60. The van der Waals surface area contributed by atoms with Crippen LogP contribution in [-0.4, -0.2) is 67.5 Å². The minimum Gasteiger partial charge on any atom is -0.338 e. The van der Waals surface area contributed by atoms with Crippen molar-refractivity contribution in [3.8, 4) is 0 Å². The van der Waals surface area contributed by atoms with E-state index in [4.69, 9.17) is 0 Å². The Morgan fingerprint density at radius 2 is 1.71 bits per heavy atom. The van der Waals surface area contributed by atoms with Gasteiger partial charge in [-0.1, -0.05) is 42.1 Å². The minimum atomic E-state index is 0.140. The highest BCUT2D eigenvalue weighted by molar-refractivity contribution is 7.99. The van der Waals surface area contributed by atoms with Crippen molar-refractivity contribution in [2.75, 3.05) is 36.8 Å². The molecule has 160 valence electrons. The highest BCUT2D eigenvalue weighted by atomic mass is 32.2. The largest absolute Gasteiger partial charge is 0.338 e. The summed E-state index contributed by atoms with van der Waals surface area (Å²) in [5, 5.41) is 9.71. The van der Waals surface area contributed by atoms with Gasteiger partial charge in [-0.3, -0.25) is 4.79 Å². The molecule has 0 spiro atoms. The summed E-state index contributed by atoms with van der Waals surface area (Å²) in [7, 11) is 0. The lowest BCUT2D eigenvalue weighted by Gasteiger charge is -2.34. The zero-order valence-electron chi connectivity index (χ0n) is 17.3. The number of piperazine rings is 1. The molecule has 1 saturated carbocycles. The molecule has 0 atom stereocenters. The molecule has 1 saturated heterocycles. The molecular formula is C22H25N7OS. The van der Waals surface area contributed by atoms with Crippen LogP contribution in [0.1, 0.15) is 30.1 Å². The van der Waals surface area contributed by atoms with E-state index in [1.807, 2.05) is 29.2 Å². The van der Waals surface area contributed by atoms with Crippen LogP contribution >= 0.6 is 11.8 Å². The van der Waals surface area contributed by atoms with E-state index in [0.29, 0.717) is 24.8 Å². The second-order valence-corrected chi connectivity index (χ2v) is 8.83. The van der Waals surface area contributed by atoms with E-state index in [2.05, 4.69) is 41.8 Å². The van der Waals surface area contributed by atoms with E-state index in [9.17, 15) is 4.79 Å². The highest BCUT2D eigenvalue weighted by Crippen LogP contribution is 2.40. The Morgan fingerprint density at radius 3 is 2.42 bits per heavy atom.